The van der Waals surface area contributed by atoms with E-state index in [0.717, 1.165) is 16.7 Å². The third-order valence-corrected chi connectivity index (χ3v) is 4.07. The van der Waals surface area contributed by atoms with Crippen LogP contribution in [0.1, 0.15) is 16.7 Å². The fraction of sp³-hybridized carbons (Fsp3) is 0.462. The van der Waals surface area contributed by atoms with E-state index in [-0.39, 0.29) is 5.75 Å². The van der Waals surface area contributed by atoms with E-state index < -0.39 is 9.84 Å². The highest BCUT2D eigenvalue weighted by Crippen LogP contribution is 2.13. The summed E-state index contributed by atoms with van der Waals surface area (Å²) >= 11 is 4.94. The first-order chi connectivity index (χ1) is 8.69. The summed E-state index contributed by atoms with van der Waals surface area (Å²) in [6.07, 6.45) is 1.25. The Bertz CT molecular complexity index is 568. The minimum atomic E-state index is -2.91. The van der Waals surface area contributed by atoms with Crippen molar-refractivity contribution in [3.8, 4) is 0 Å². The van der Waals surface area contributed by atoms with Gasteiger partial charge in [0.15, 0.2) is 0 Å². The van der Waals surface area contributed by atoms with Crippen LogP contribution in [0, 0.1) is 6.92 Å². The second-order valence-corrected chi connectivity index (χ2v) is 7.57. The lowest BCUT2D eigenvalue weighted by atomic mass is 10.0. The molecule has 1 rings (SSSR count). The van der Waals surface area contributed by atoms with Crippen LogP contribution in [-0.2, 0) is 16.4 Å². The molecule has 0 bridgehead atoms. The van der Waals surface area contributed by atoms with Crippen LogP contribution in [0.25, 0.3) is 0 Å². The fourth-order valence-corrected chi connectivity index (χ4v) is 2.49. The molecule has 1 aromatic rings. The molecule has 0 aliphatic rings. The minimum Gasteiger partial charge on any atom is -0.389 e. The van der Waals surface area contributed by atoms with E-state index in [0.29, 0.717) is 18.1 Å². The molecule has 0 atom stereocenters. The molecule has 0 unspecified atom stereocenters. The summed E-state index contributed by atoms with van der Waals surface area (Å²) in [7, 11) is -1.01. The predicted octanol–water partition coefficient (Wildman–Crippen LogP) is 1.11. The van der Waals surface area contributed by atoms with Crippen molar-refractivity contribution in [1.82, 2.24) is 4.90 Å². The lowest BCUT2D eigenvalue weighted by molar-refractivity contribution is 0.345. The highest BCUT2D eigenvalue weighted by Gasteiger charge is 2.08. The summed E-state index contributed by atoms with van der Waals surface area (Å²) in [6.45, 7) is 3.23. The van der Waals surface area contributed by atoms with Gasteiger partial charge in [-0.3, -0.25) is 0 Å². The van der Waals surface area contributed by atoms with E-state index in [9.17, 15) is 8.42 Å². The summed E-state index contributed by atoms with van der Waals surface area (Å²) in [5.41, 5.74) is 8.70. The molecule has 19 heavy (non-hydrogen) atoms. The van der Waals surface area contributed by atoms with Gasteiger partial charge in [-0.1, -0.05) is 24.4 Å². The molecule has 6 heteroatoms. The van der Waals surface area contributed by atoms with E-state index in [4.69, 9.17) is 18.0 Å². The standard InChI is InChI=1S/C13H20N2O2S2/c1-10-8-11(13(14)18)4-5-12(10)9-15(2)6-7-19(3,16)17/h4-5,8H,6-7,9H2,1-3H3,(H2,14,18). The number of hydrogen-bond acceptors (Lipinski definition) is 4. The Morgan fingerprint density at radius 3 is 2.53 bits per heavy atom. The van der Waals surface area contributed by atoms with Gasteiger partial charge in [0.1, 0.15) is 14.8 Å². The molecule has 106 valence electrons. The number of thiocarbonyl (C=S) groups is 1. The lowest BCUT2D eigenvalue weighted by Gasteiger charge is -2.18. The fourth-order valence-electron chi connectivity index (χ4n) is 1.72. The van der Waals surface area contributed by atoms with Gasteiger partial charge in [0.2, 0.25) is 0 Å². The first-order valence-corrected chi connectivity index (χ1v) is 8.41. The van der Waals surface area contributed by atoms with Crippen molar-refractivity contribution in [3.05, 3.63) is 34.9 Å². The molecule has 2 N–H and O–H groups in total. The van der Waals surface area contributed by atoms with E-state index in [2.05, 4.69) is 0 Å². The maximum absolute atomic E-state index is 11.1. The van der Waals surface area contributed by atoms with Gasteiger partial charge in [-0.25, -0.2) is 8.42 Å². The zero-order valence-corrected chi connectivity index (χ0v) is 13.1. The summed E-state index contributed by atoms with van der Waals surface area (Å²) in [4.78, 5) is 2.38. The normalized spacial score (nSPS) is 11.8. The average Bonchev–Trinajstić information content (AvgIpc) is 2.28. The highest BCUT2D eigenvalue weighted by atomic mass is 32.2. The van der Waals surface area contributed by atoms with Crippen LogP contribution in [0.15, 0.2) is 18.2 Å². The van der Waals surface area contributed by atoms with Crippen LogP contribution >= 0.6 is 12.2 Å². The predicted molar refractivity (Wildman–Crippen MR) is 83.1 cm³/mol. The monoisotopic (exact) mass is 300 g/mol. The van der Waals surface area contributed by atoms with Gasteiger partial charge in [0.25, 0.3) is 0 Å². The minimum absolute atomic E-state index is 0.174. The molecule has 0 saturated carbocycles. The molecular weight excluding hydrogens is 280 g/mol. The third kappa shape index (κ3) is 5.67. The zero-order chi connectivity index (χ0) is 14.6. The second-order valence-electron chi connectivity index (χ2n) is 4.87. The maximum atomic E-state index is 11.1. The van der Waals surface area contributed by atoms with Gasteiger partial charge in [-0.15, -0.1) is 0 Å². The quantitative estimate of drug-likeness (QED) is 0.797. The molecule has 0 saturated heterocycles. The zero-order valence-electron chi connectivity index (χ0n) is 11.5. The van der Waals surface area contributed by atoms with Crippen LogP contribution in [0.5, 0.6) is 0 Å². The molecule has 1 aromatic carbocycles. The second kappa shape index (κ2) is 6.45. The van der Waals surface area contributed by atoms with E-state index in [1.165, 1.54) is 6.26 Å². The Hall–Kier alpha value is -0.980. The maximum Gasteiger partial charge on any atom is 0.148 e. The summed E-state index contributed by atoms with van der Waals surface area (Å²) < 4.78 is 22.2. The molecule has 0 amide bonds. The lowest BCUT2D eigenvalue weighted by Crippen LogP contribution is -2.25. The van der Waals surface area contributed by atoms with Crippen LogP contribution < -0.4 is 5.73 Å². The van der Waals surface area contributed by atoms with Crippen LogP contribution in [0.3, 0.4) is 0 Å². The van der Waals surface area contributed by atoms with E-state index in [1.54, 1.807) is 0 Å². The molecule has 0 heterocycles. The van der Waals surface area contributed by atoms with Crippen LogP contribution in [0.4, 0.5) is 0 Å². The molecule has 0 fully saturated rings. The number of nitrogens with two attached hydrogens (primary N) is 1. The van der Waals surface area contributed by atoms with Gasteiger partial charge < -0.3 is 10.6 Å². The summed E-state index contributed by atoms with van der Waals surface area (Å²) in [5.74, 6) is 0.174. The molecular formula is C13H20N2O2S2. The van der Waals surface area contributed by atoms with Crippen molar-refractivity contribution >= 4 is 27.0 Å². The Balaban J connectivity index is 2.69. The Labute approximate surface area is 120 Å². The smallest absolute Gasteiger partial charge is 0.148 e. The molecule has 0 spiro atoms. The van der Waals surface area contributed by atoms with Crippen molar-refractivity contribution < 1.29 is 8.42 Å². The van der Waals surface area contributed by atoms with E-state index in [1.807, 2.05) is 37.1 Å². The Morgan fingerprint density at radius 1 is 1.42 bits per heavy atom. The number of rotatable bonds is 6. The SMILES string of the molecule is Cc1cc(C(N)=S)ccc1CN(C)CCS(C)(=O)=O. The summed E-state index contributed by atoms with van der Waals surface area (Å²) in [5, 5.41) is 0. The van der Waals surface area contributed by atoms with Crippen LogP contribution in [0.2, 0.25) is 0 Å². The topological polar surface area (TPSA) is 63.4 Å². The average molecular weight is 300 g/mol. The van der Waals surface area contributed by atoms with Crippen molar-refractivity contribution in [2.24, 2.45) is 5.73 Å². The number of aryl methyl sites for hydroxylation is 1. The summed E-state index contributed by atoms with van der Waals surface area (Å²) in [6, 6.07) is 5.85. The van der Waals surface area contributed by atoms with E-state index >= 15 is 0 Å². The third-order valence-electron chi connectivity index (χ3n) is 2.91. The van der Waals surface area contributed by atoms with Crippen molar-refractivity contribution in [1.29, 1.82) is 0 Å². The van der Waals surface area contributed by atoms with Gasteiger partial charge in [-0.05, 0) is 31.2 Å². The van der Waals surface area contributed by atoms with Gasteiger partial charge in [-0.2, -0.15) is 0 Å². The first-order valence-electron chi connectivity index (χ1n) is 5.94. The van der Waals surface area contributed by atoms with Crippen LogP contribution in [-0.4, -0.2) is 43.9 Å². The first kappa shape index (κ1) is 16.1. The largest absolute Gasteiger partial charge is 0.389 e. The molecule has 4 nitrogen and oxygen atoms in total. The number of hydrogen-bond donors (Lipinski definition) is 1. The molecule has 0 radical (unpaired) electrons. The number of sulfone groups is 1. The molecule has 0 aliphatic carbocycles. The Kier molecular flexibility index (Phi) is 5.46. The van der Waals surface area contributed by atoms with Gasteiger partial charge in [0, 0.05) is 24.9 Å². The van der Waals surface area contributed by atoms with Crippen molar-refractivity contribution in [2.45, 2.75) is 13.5 Å². The Morgan fingerprint density at radius 2 is 2.05 bits per heavy atom. The highest BCUT2D eigenvalue weighted by molar-refractivity contribution is 7.90. The van der Waals surface area contributed by atoms with Crippen molar-refractivity contribution in [2.75, 3.05) is 25.6 Å². The number of nitrogens with zero attached hydrogens (tertiary/aromatic N) is 1. The van der Waals surface area contributed by atoms with Crippen molar-refractivity contribution in [3.63, 3.8) is 0 Å². The molecule has 0 aromatic heterocycles. The molecule has 0 aliphatic heterocycles. The van der Waals surface area contributed by atoms with Gasteiger partial charge in [0.05, 0.1) is 5.75 Å². The van der Waals surface area contributed by atoms with Gasteiger partial charge >= 0.3 is 0 Å². The number of benzene rings is 1.